The molecule has 0 aliphatic carbocycles. The third-order valence-corrected chi connectivity index (χ3v) is 5.47. The van der Waals surface area contributed by atoms with Crippen LogP contribution < -0.4 is 4.74 Å². The Morgan fingerprint density at radius 3 is 2.50 bits per heavy atom. The number of carbonyl (C=O) groups is 1. The van der Waals surface area contributed by atoms with Gasteiger partial charge in [-0.1, -0.05) is 30.3 Å². The fourth-order valence-electron chi connectivity index (χ4n) is 3.92. The van der Waals surface area contributed by atoms with Gasteiger partial charge in [-0.15, -0.1) is 10.2 Å². The molecule has 172 valence electrons. The molecule has 3 heterocycles. The minimum atomic E-state index is -0.417. The molecule has 0 radical (unpaired) electrons. The van der Waals surface area contributed by atoms with Gasteiger partial charge in [0.25, 0.3) is 0 Å². The zero-order valence-electron chi connectivity index (χ0n) is 18.9. The Hall–Kier alpha value is -4.31. The maximum absolute atomic E-state index is 12.1. The molecule has 34 heavy (non-hydrogen) atoms. The van der Waals surface area contributed by atoms with Crippen molar-refractivity contribution in [3.05, 3.63) is 66.0 Å². The maximum Gasteiger partial charge on any atom is 0.311 e. The van der Waals surface area contributed by atoms with Gasteiger partial charge in [0.1, 0.15) is 11.4 Å². The van der Waals surface area contributed by atoms with Gasteiger partial charge in [0.15, 0.2) is 16.8 Å². The van der Waals surface area contributed by atoms with Gasteiger partial charge in [0.05, 0.1) is 44.2 Å². The summed E-state index contributed by atoms with van der Waals surface area (Å²) in [5.41, 5.74) is 5.17. The van der Waals surface area contributed by atoms with E-state index in [1.54, 1.807) is 23.4 Å². The minimum absolute atomic E-state index is 0.0397. The number of esters is 1. The van der Waals surface area contributed by atoms with Crippen LogP contribution in [0.5, 0.6) is 5.75 Å². The van der Waals surface area contributed by atoms with Gasteiger partial charge < -0.3 is 14.2 Å². The van der Waals surface area contributed by atoms with Gasteiger partial charge in [-0.05, 0) is 29.8 Å². The van der Waals surface area contributed by atoms with E-state index >= 15 is 0 Å². The van der Waals surface area contributed by atoms with E-state index in [9.17, 15) is 4.79 Å². The van der Waals surface area contributed by atoms with Crippen molar-refractivity contribution >= 4 is 22.8 Å². The predicted octanol–water partition coefficient (Wildman–Crippen LogP) is 3.00. The van der Waals surface area contributed by atoms with Crippen molar-refractivity contribution in [3.8, 4) is 22.6 Å². The van der Waals surface area contributed by atoms with Crippen LogP contribution in [0.15, 0.2) is 54.6 Å². The molecule has 0 unspecified atom stereocenters. The summed E-state index contributed by atoms with van der Waals surface area (Å²) in [5.74, 6) is 0.295. The molecule has 5 rings (SSSR count). The number of hydrogen-bond acceptors (Lipinski definition) is 8. The first kappa shape index (κ1) is 21.5. The average Bonchev–Trinajstić information content (AvgIpc) is 3.43. The molecule has 0 bridgehead atoms. The highest BCUT2D eigenvalue weighted by atomic mass is 16.5. The second kappa shape index (κ2) is 8.91. The quantitative estimate of drug-likeness (QED) is 0.343. The summed E-state index contributed by atoms with van der Waals surface area (Å²) in [6.45, 7) is 0.270. The van der Waals surface area contributed by atoms with Crippen molar-refractivity contribution in [2.24, 2.45) is 0 Å². The molecule has 10 heteroatoms. The summed E-state index contributed by atoms with van der Waals surface area (Å²) < 4.78 is 19.1. The molecule has 5 aromatic rings. The Labute approximate surface area is 194 Å². The molecule has 0 amide bonds. The fraction of sp³-hybridized carbons (Fsp3) is 0.208. The lowest BCUT2D eigenvalue weighted by atomic mass is 10.1. The van der Waals surface area contributed by atoms with Crippen molar-refractivity contribution in [2.75, 3.05) is 21.3 Å². The molecule has 0 atom stereocenters. The molecule has 10 nitrogen and oxygen atoms in total. The van der Waals surface area contributed by atoms with E-state index in [1.807, 2.05) is 54.6 Å². The van der Waals surface area contributed by atoms with Crippen LogP contribution in [0.2, 0.25) is 0 Å². The van der Waals surface area contributed by atoms with E-state index in [1.165, 1.54) is 7.11 Å². The first-order chi connectivity index (χ1) is 16.6. The van der Waals surface area contributed by atoms with Gasteiger partial charge in [-0.2, -0.15) is 14.7 Å². The summed E-state index contributed by atoms with van der Waals surface area (Å²) in [6.07, 6.45) is -0.0397. The zero-order chi connectivity index (χ0) is 23.7. The molecular weight excluding hydrogens is 436 g/mol. The first-order valence-electron chi connectivity index (χ1n) is 10.6. The number of carbonyl (C=O) groups excluding carboxylic acids is 1. The molecule has 0 fully saturated rings. The average molecular weight is 458 g/mol. The third-order valence-electron chi connectivity index (χ3n) is 5.47. The minimum Gasteiger partial charge on any atom is -0.497 e. The molecule has 0 N–H and O–H groups in total. The Morgan fingerprint density at radius 2 is 1.76 bits per heavy atom. The van der Waals surface area contributed by atoms with Crippen LogP contribution in [0.4, 0.5) is 0 Å². The molecule has 0 saturated carbocycles. The van der Waals surface area contributed by atoms with Crippen LogP contribution in [0.3, 0.4) is 0 Å². The molecule has 0 aliphatic heterocycles. The van der Waals surface area contributed by atoms with Crippen LogP contribution in [0, 0.1) is 0 Å². The summed E-state index contributed by atoms with van der Waals surface area (Å²) in [7, 11) is 4.58. The number of nitrogens with zero attached hydrogens (tertiary/aromatic N) is 6. The van der Waals surface area contributed by atoms with Crippen molar-refractivity contribution < 1.29 is 19.0 Å². The lowest BCUT2D eigenvalue weighted by Gasteiger charge is -2.05. The largest absolute Gasteiger partial charge is 0.497 e. The monoisotopic (exact) mass is 458 g/mol. The van der Waals surface area contributed by atoms with Crippen molar-refractivity contribution in [2.45, 2.75) is 13.0 Å². The van der Waals surface area contributed by atoms with E-state index in [0.29, 0.717) is 33.9 Å². The molecule has 2 aromatic carbocycles. The van der Waals surface area contributed by atoms with E-state index in [-0.39, 0.29) is 13.0 Å². The molecule has 3 aromatic heterocycles. The molecule has 0 aliphatic rings. The van der Waals surface area contributed by atoms with Crippen LogP contribution in [0.1, 0.15) is 11.4 Å². The number of ether oxygens (including phenoxy) is 3. The van der Waals surface area contributed by atoms with Gasteiger partial charge in [-0.25, -0.2) is 4.68 Å². The second-order valence-electron chi connectivity index (χ2n) is 7.54. The Bertz CT molecular complexity index is 1490. The fourth-order valence-corrected chi connectivity index (χ4v) is 3.92. The summed E-state index contributed by atoms with van der Waals surface area (Å²) in [6, 6.07) is 17.2. The SMILES string of the molecule is COCc1nn2c(nnc3c(CC(=O)OC)nn(-c4ccccc4)c32)c1-c1cccc(OC)c1. The Morgan fingerprint density at radius 1 is 0.941 bits per heavy atom. The third kappa shape index (κ3) is 3.63. The topological polar surface area (TPSA) is 106 Å². The number of hydrogen-bond donors (Lipinski definition) is 0. The summed E-state index contributed by atoms with van der Waals surface area (Å²) in [4.78, 5) is 12.1. The number of aromatic nitrogens is 6. The van der Waals surface area contributed by atoms with E-state index in [4.69, 9.17) is 19.3 Å². The number of methoxy groups -OCH3 is 3. The highest BCUT2D eigenvalue weighted by molar-refractivity contribution is 5.87. The number of rotatable bonds is 7. The van der Waals surface area contributed by atoms with Crippen molar-refractivity contribution in [1.29, 1.82) is 0 Å². The van der Waals surface area contributed by atoms with Crippen LogP contribution in [-0.4, -0.2) is 56.9 Å². The standard InChI is InChI=1S/C24H22N6O4/c1-32-14-19-21(15-8-7-11-17(12-15)33-2)23-26-25-22-18(13-20(31)34-3)27-29(24(22)30(23)28-19)16-9-5-4-6-10-16/h4-12H,13-14H2,1-3H3. The highest BCUT2D eigenvalue weighted by Gasteiger charge is 2.24. The number of para-hydroxylation sites is 1. The summed E-state index contributed by atoms with van der Waals surface area (Å²) >= 11 is 0. The van der Waals surface area contributed by atoms with Crippen LogP contribution in [0.25, 0.3) is 33.6 Å². The second-order valence-corrected chi connectivity index (χ2v) is 7.54. The summed E-state index contributed by atoms with van der Waals surface area (Å²) in [5, 5.41) is 18.5. The predicted molar refractivity (Wildman–Crippen MR) is 124 cm³/mol. The zero-order valence-corrected chi connectivity index (χ0v) is 18.9. The van der Waals surface area contributed by atoms with Gasteiger partial charge in [-0.3, -0.25) is 4.79 Å². The Kier molecular flexibility index (Phi) is 5.64. The Balaban J connectivity index is 1.84. The normalized spacial score (nSPS) is 11.3. The van der Waals surface area contributed by atoms with E-state index in [0.717, 1.165) is 16.8 Å². The number of fused-ring (bicyclic) bond motifs is 3. The van der Waals surface area contributed by atoms with Crippen molar-refractivity contribution in [1.82, 2.24) is 29.6 Å². The van der Waals surface area contributed by atoms with Gasteiger partial charge in [0, 0.05) is 7.11 Å². The molecular formula is C24H22N6O4. The lowest BCUT2D eigenvalue weighted by molar-refractivity contribution is -0.139. The molecule has 0 spiro atoms. The maximum atomic E-state index is 12.1. The van der Waals surface area contributed by atoms with E-state index < -0.39 is 5.97 Å². The molecule has 0 saturated heterocycles. The smallest absolute Gasteiger partial charge is 0.311 e. The first-order valence-corrected chi connectivity index (χ1v) is 10.6. The van der Waals surface area contributed by atoms with Crippen molar-refractivity contribution in [3.63, 3.8) is 0 Å². The van der Waals surface area contributed by atoms with E-state index in [2.05, 4.69) is 15.3 Å². The van der Waals surface area contributed by atoms with Gasteiger partial charge in [0.2, 0.25) is 0 Å². The number of benzene rings is 2. The lowest BCUT2D eigenvalue weighted by Crippen LogP contribution is -2.06. The van der Waals surface area contributed by atoms with Crippen LogP contribution in [-0.2, 0) is 27.3 Å². The van der Waals surface area contributed by atoms with Gasteiger partial charge >= 0.3 is 5.97 Å². The highest BCUT2D eigenvalue weighted by Crippen LogP contribution is 2.32. The van der Waals surface area contributed by atoms with Crippen LogP contribution >= 0.6 is 0 Å².